The monoisotopic (exact) mass is 356 g/mol. The molecule has 2 aromatic rings. The second-order valence-electron chi connectivity index (χ2n) is 5.21. The van der Waals surface area contributed by atoms with Gasteiger partial charge in [-0.3, -0.25) is 14.9 Å². The maximum atomic E-state index is 12.7. The molecule has 3 rings (SSSR count). The van der Waals surface area contributed by atoms with Gasteiger partial charge in [-0.1, -0.05) is 29.8 Å². The van der Waals surface area contributed by atoms with E-state index in [0.29, 0.717) is 16.3 Å². The number of methoxy groups -OCH3 is 1. The fourth-order valence-corrected chi connectivity index (χ4v) is 2.56. The summed E-state index contributed by atoms with van der Waals surface area (Å²) < 4.78 is 5.07. The predicted octanol–water partition coefficient (Wildman–Crippen LogP) is 3.02. The number of hydrogen-bond acceptors (Lipinski definition) is 4. The standard InChI is InChI=1S/C18H13ClN2O4/c1-25-14-7-5-11(6-8-14)9-15-16(22)20-18(24)21(17(15)23)13-4-2-3-12(19)10-13/h2-10H,1H3,(H,20,22,24)/b15-9+. The Morgan fingerprint density at radius 3 is 2.44 bits per heavy atom. The fourth-order valence-electron chi connectivity index (χ4n) is 2.37. The molecule has 2 aromatic carbocycles. The molecule has 0 radical (unpaired) electrons. The van der Waals surface area contributed by atoms with Crippen LogP contribution in [0, 0.1) is 0 Å². The Morgan fingerprint density at radius 2 is 1.80 bits per heavy atom. The van der Waals surface area contributed by atoms with E-state index < -0.39 is 17.8 Å². The number of anilines is 1. The van der Waals surface area contributed by atoms with Crippen LogP contribution in [0.5, 0.6) is 5.75 Å². The van der Waals surface area contributed by atoms with Crippen molar-refractivity contribution in [3.05, 3.63) is 64.7 Å². The summed E-state index contributed by atoms with van der Waals surface area (Å²) in [5.41, 5.74) is 0.757. The first kappa shape index (κ1) is 16.7. The molecule has 0 saturated carbocycles. The molecule has 1 saturated heterocycles. The number of barbiturate groups is 1. The fraction of sp³-hybridized carbons (Fsp3) is 0.0556. The third-order valence-electron chi connectivity index (χ3n) is 3.59. The van der Waals surface area contributed by atoms with Gasteiger partial charge in [0, 0.05) is 5.02 Å². The van der Waals surface area contributed by atoms with Crippen molar-refractivity contribution >= 4 is 41.2 Å². The number of halogens is 1. The molecule has 0 bridgehead atoms. The number of imide groups is 2. The van der Waals surface area contributed by atoms with E-state index >= 15 is 0 Å². The Hall–Kier alpha value is -3.12. The topological polar surface area (TPSA) is 75.7 Å². The smallest absolute Gasteiger partial charge is 0.335 e. The highest BCUT2D eigenvalue weighted by molar-refractivity contribution is 6.39. The van der Waals surface area contributed by atoms with Crippen molar-refractivity contribution in [3.63, 3.8) is 0 Å². The molecule has 126 valence electrons. The van der Waals surface area contributed by atoms with Gasteiger partial charge in [0.1, 0.15) is 11.3 Å². The quantitative estimate of drug-likeness (QED) is 0.677. The van der Waals surface area contributed by atoms with Crippen molar-refractivity contribution in [3.8, 4) is 5.75 Å². The lowest BCUT2D eigenvalue weighted by atomic mass is 10.1. The lowest BCUT2D eigenvalue weighted by Crippen LogP contribution is -2.54. The summed E-state index contributed by atoms with van der Waals surface area (Å²) in [4.78, 5) is 37.8. The number of rotatable bonds is 3. The molecule has 6 nitrogen and oxygen atoms in total. The highest BCUT2D eigenvalue weighted by atomic mass is 35.5. The lowest BCUT2D eigenvalue weighted by molar-refractivity contribution is -0.122. The van der Waals surface area contributed by atoms with E-state index in [4.69, 9.17) is 16.3 Å². The average Bonchev–Trinajstić information content (AvgIpc) is 2.59. The van der Waals surface area contributed by atoms with Crippen LogP contribution in [-0.2, 0) is 9.59 Å². The van der Waals surface area contributed by atoms with Gasteiger partial charge in [0.05, 0.1) is 12.8 Å². The Morgan fingerprint density at radius 1 is 1.08 bits per heavy atom. The molecule has 25 heavy (non-hydrogen) atoms. The van der Waals surface area contributed by atoms with Crippen molar-refractivity contribution < 1.29 is 19.1 Å². The number of urea groups is 1. The molecule has 0 spiro atoms. The van der Waals surface area contributed by atoms with Gasteiger partial charge in [-0.15, -0.1) is 0 Å². The minimum Gasteiger partial charge on any atom is -0.497 e. The number of nitrogens with one attached hydrogen (secondary N) is 1. The van der Waals surface area contributed by atoms with E-state index in [0.717, 1.165) is 4.90 Å². The van der Waals surface area contributed by atoms with Crippen LogP contribution in [0.3, 0.4) is 0 Å². The number of hydrogen-bond donors (Lipinski definition) is 1. The van der Waals surface area contributed by atoms with Gasteiger partial charge in [0.25, 0.3) is 11.8 Å². The van der Waals surface area contributed by atoms with Crippen LogP contribution in [0.2, 0.25) is 5.02 Å². The van der Waals surface area contributed by atoms with Crippen LogP contribution in [0.15, 0.2) is 54.1 Å². The van der Waals surface area contributed by atoms with E-state index in [1.807, 2.05) is 0 Å². The Balaban J connectivity index is 1.98. The largest absolute Gasteiger partial charge is 0.497 e. The summed E-state index contributed by atoms with van der Waals surface area (Å²) in [6, 6.07) is 12.3. The molecule has 1 N–H and O–H groups in total. The first-order valence-electron chi connectivity index (χ1n) is 7.30. The molecular formula is C18H13ClN2O4. The van der Waals surface area contributed by atoms with Gasteiger partial charge < -0.3 is 4.74 Å². The molecule has 1 aliphatic rings. The number of ether oxygens (including phenoxy) is 1. The SMILES string of the molecule is COc1ccc(/C=C2\C(=O)NC(=O)N(c3cccc(Cl)c3)C2=O)cc1. The van der Waals surface area contributed by atoms with Crippen LogP contribution >= 0.6 is 11.6 Å². The normalized spacial score (nSPS) is 16.2. The zero-order valence-electron chi connectivity index (χ0n) is 13.2. The average molecular weight is 357 g/mol. The van der Waals surface area contributed by atoms with Gasteiger partial charge in [-0.2, -0.15) is 0 Å². The minimum absolute atomic E-state index is 0.148. The highest BCUT2D eigenvalue weighted by Gasteiger charge is 2.36. The second-order valence-corrected chi connectivity index (χ2v) is 5.65. The van der Waals surface area contributed by atoms with Crippen LogP contribution in [0.4, 0.5) is 10.5 Å². The van der Waals surface area contributed by atoms with E-state index in [9.17, 15) is 14.4 Å². The van der Waals surface area contributed by atoms with Crippen LogP contribution in [-0.4, -0.2) is 25.0 Å². The number of amides is 4. The van der Waals surface area contributed by atoms with Gasteiger partial charge >= 0.3 is 6.03 Å². The molecule has 1 heterocycles. The van der Waals surface area contributed by atoms with Crippen molar-refractivity contribution in [1.29, 1.82) is 0 Å². The summed E-state index contributed by atoms with van der Waals surface area (Å²) in [6.45, 7) is 0. The van der Waals surface area contributed by atoms with Crippen LogP contribution < -0.4 is 15.0 Å². The Bertz CT molecular complexity index is 890. The zero-order valence-corrected chi connectivity index (χ0v) is 13.9. The second kappa shape index (κ2) is 6.78. The minimum atomic E-state index is -0.816. The van der Waals surface area contributed by atoms with E-state index in [1.165, 1.54) is 12.1 Å². The van der Waals surface area contributed by atoms with E-state index in [1.54, 1.807) is 49.6 Å². The maximum Gasteiger partial charge on any atom is 0.335 e. The van der Waals surface area contributed by atoms with Crippen molar-refractivity contribution in [2.75, 3.05) is 12.0 Å². The molecule has 4 amide bonds. The summed E-state index contributed by atoms with van der Waals surface area (Å²) in [6.07, 6.45) is 1.42. The summed E-state index contributed by atoms with van der Waals surface area (Å²) in [7, 11) is 1.54. The van der Waals surface area contributed by atoms with Crippen LogP contribution in [0.25, 0.3) is 6.08 Å². The predicted molar refractivity (Wildman–Crippen MR) is 93.4 cm³/mol. The van der Waals surface area contributed by atoms with Crippen molar-refractivity contribution in [1.82, 2.24) is 5.32 Å². The molecule has 0 unspecified atom stereocenters. The third kappa shape index (κ3) is 3.39. The maximum absolute atomic E-state index is 12.7. The molecular weight excluding hydrogens is 344 g/mol. The molecule has 1 fully saturated rings. The third-order valence-corrected chi connectivity index (χ3v) is 3.83. The molecule has 0 aromatic heterocycles. The number of carbonyl (C=O) groups is 3. The molecule has 0 atom stereocenters. The molecule has 0 aliphatic carbocycles. The van der Waals surface area contributed by atoms with E-state index in [2.05, 4.69) is 5.32 Å². The van der Waals surface area contributed by atoms with Gasteiger partial charge in [-0.25, -0.2) is 9.69 Å². The zero-order chi connectivity index (χ0) is 18.0. The highest BCUT2D eigenvalue weighted by Crippen LogP contribution is 2.24. The van der Waals surface area contributed by atoms with Crippen LogP contribution in [0.1, 0.15) is 5.56 Å². The number of benzene rings is 2. The number of carbonyl (C=O) groups excluding carboxylic acids is 3. The van der Waals surface area contributed by atoms with Crippen molar-refractivity contribution in [2.24, 2.45) is 0 Å². The van der Waals surface area contributed by atoms with Crippen molar-refractivity contribution in [2.45, 2.75) is 0 Å². The molecule has 7 heteroatoms. The Kier molecular flexibility index (Phi) is 4.54. The summed E-state index contributed by atoms with van der Waals surface area (Å²) in [5.74, 6) is -0.812. The van der Waals surface area contributed by atoms with Gasteiger partial charge in [-0.05, 0) is 42.0 Å². The lowest BCUT2D eigenvalue weighted by Gasteiger charge is -2.26. The summed E-state index contributed by atoms with van der Waals surface area (Å²) >= 11 is 5.92. The van der Waals surface area contributed by atoms with E-state index in [-0.39, 0.29) is 11.3 Å². The number of nitrogens with zero attached hydrogens (tertiary/aromatic N) is 1. The van der Waals surface area contributed by atoms with Gasteiger partial charge in [0.15, 0.2) is 0 Å². The summed E-state index contributed by atoms with van der Waals surface area (Å²) in [5, 5.41) is 2.53. The Labute approximate surface area is 148 Å². The first-order chi connectivity index (χ1) is 12.0. The first-order valence-corrected chi connectivity index (χ1v) is 7.68. The molecule has 1 aliphatic heterocycles. The van der Waals surface area contributed by atoms with Gasteiger partial charge in [0.2, 0.25) is 0 Å².